The molecule has 1 heterocycles. The van der Waals surface area contributed by atoms with Crippen LogP contribution in [0.3, 0.4) is 0 Å². The van der Waals surface area contributed by atoms with E-state index in [1.165, 1.54) is 15.3 Å². The van der Waals surface area contributed by atoms with Gasteiger partial charge in [0.05, 0.1) is 0 Å². The van der Waals surface area contributed by atoms with E-state index >= 15 is 0 Å². The van der Waals surface area contributed by atoms with Crippen LogP contribution in [0.4, 0.5) is 0 Å². The summed E-state index contributed by atoms with van der Waals surface area (Å²) in [6, 6.07) is 10.4. The molecule has 0 aliphatic heterocycles. The van der Waals surface area contributed by atoms with Crippen LogP contribution in [0.2, 0.25) is 0 Å². The quantitative estimate of drug-likeness (QED) is 0.775. The fraction of sp³-hybridized carbons (Fsp3) is 0.286. The number of benzene rings is 1. The third-order valence-corrected chi connectivity index (χ3v) is 4.28. The highest BCUT2D eigenvalue weighted by molar-refractivity contribution is 9.10. The minimum absolute atomic E-state index is 0.655. The van der Waals surface area contributed by atoms with Gasteiger partial charge in [0.1, 0.15) is 12.4 Å². The second kappa shape index (κ2) is 5.69. The van der Waals surface area contributed by atoms with Crippen molar-refractivity contribution in [2.24, 2.45) is 0 Å². The van der Waals surface area contributed by atoms with Crippen molar-refractivity contribution in [2.75, 3.05) is 0 Å². The van der Waals surface area contributed by atoms with Crippen LogP contribution in [0, 0.1) is 6.92 Å². The van der Waals surface area contributed by atoms with E-state index in [1.807, 2.05) is 23.5 Å². The van der Waals surface area contributed by atoms with Crippen LogP contribution in [0.1, 0.15) is 22.2 Å². The molecule has 2 aromatic rings. The van der Waals surface area contributed by atoms with Crippen molar-refractivity contribution in [3.63, 3.8) is 0 Å². The first-order chi connectivity index (χ1) is 8.19. The molecule has 1 nitrogen and oxygen atoms in total. The Morgan fingerprint density at radius 1 is 1.18 bits per heavy atom. The molecule has 0 saturated heterocycles. The van der Waals surface area contributed by atoms with Crippen LogP contribution in [0.15, 0.2) is 34.8 Å². The smallest absolute Gasteiger partial charge is 0.123 e. The van der Waals surface area contributed by atoms with E-state index in [4.69, 9.17) is 4.74 Å². The predicted molar refractivity (Wildman–Crippen MR) is 76.9 cm³/mol. The van der Waals surface area contributed by atoms with Gasteiger partial charge in [-0.1, -0.05) is 28.9 Å². The summed E-state index contributed by atoms with van der Waals surface area (Å²) < 4.78 is 6.90. The largest absolute Gasteiger partial charge is 0.488 e. The van der Waals surface area contributed by atoms with E-state index in [0.29, 0.717) is 6.61 Å². The zero-order valence-electron chi connectivity index (χ0n) is 10.00. The first-order valence-corrected chi connectivity index (χ1v) is 7.26. The maximum Gasteiger partial charge on any atom is 0.123 e. The summed E-state index contributed by atoms with van der Waals surface area (Å²) >= 11 is 5.29. The molecule has 0 saturated carbocycles. The van der Waals surface area contributed by atoms with Crippen molar-refractivity contribution in [3.05, 3.63) is 50.1 Å². The van der Waals surface area contributed by atoms with Gasteiger partial charge in [-0.2, -0.15) is 0 Å². The van der Waals surface area contributed by atoms with Gasteiger partial charge in [-0.3, -0.25) is 0 Å². The molecule has 0 aliphatic rings. The van der Waals surface area contributed by atoms with Crippen LogP contribution < -0.4 is 4.74 Å². The molecule has 0 N–H and O–H groups in total. The van der Waals surface area contributed by atoms with Gasteiger partial charge < -0.3 is 4.74 Å². The SMILES string of the molecule is CCc1ccc(COc2cc(Br)ccc2C)s1. The molecule has 90 valence electrons. The number of hydrogen-bond acceptors (Lipinski definition) is 2. The Morgan fingerprint density at radius 2 is 1.94 bits per heavy atom. The van der Waals surface area contributed by atoms with E-state index in [9.17, 15) is 0 Å². The van der Waals surface area contributed by atoms with Crippen LogP contribution >= 0.6 is 27.3 Å². The first kappa shape index (κ1) is 12.7. The van der Waals surface area contributed by atoms with Crippen molar-refractivity contribution in [1.29, 1.82) is 0 Å². The molecule has 0 bridgehead atoms. The molecule has 0 aliphatic carbocycles. The van der Waals surface area contributed by atoms with Crippen molar-refractivity contribution in [1.82, 2.24) is 0 Å². The molecule has 0 radical (unpaired) electrons. The molecule has 1 aromatic carbocycles. The Morgan fingerprint density at radius 3 is 2.65 bits per heavy atom. The summed E-state index contributed by atoms with van der Waals surface area (Å²) in [7, 11) is 0. The molecule has 0 spiro atoms. The monoisotopic (exact) mass is 310 g/mol. The lowest BCUT2D eigenvalue weighted by Crippen LogP contribution is -1.94. The Balaban J connectivity index is 2.04. The molecule has 3 heteroatoms. The molecule has 0 amide bonds. The lowest BCUT2D eigenvalue weighted by Gasteiger charge is -2.08. The van der Waals surface area contributed by atoms with Gasteiger partial charge in [0.2, 0.25) is 0 Å². The molecule has 2 rings (SSSR count). The minimum Gasteiger partial charge on any atom is -0.488 e. The summed E-state index contributed by atoms with van der Waals surface area (Å²) in [5.74, 6) is 0.950. The second-order valence-corrected chi connectivity index (χ2v) is 6.09. The Labute approximate surface area is 115 Å². The normalized spacial score (nSPS) is 10.5. The molecule has 1 aromatic heterocycles. The van der Waals surface area contributed by atoms with Crippen LogP contribution in [-0.4, -0.2) is 0 Å². The van der Waals surface area contributed by atoms with Crippen molar-refractivity contribution < 1.29 is 4.74 Å². The van der Waals surface area contributed by atoms with E-state index in [2.05, 4.69) is 48.0 Å². The average Bonchev–Trinajstić information content (AvgIpc) is 2.78. The summed E-state index contributed by atoms with van der Waals surface area (Å²) in [4.78, 5) is 2.69. The van der Waals surface area contributed by atoms with Crippen LogP contribution in [0.5, 0.6) is 5.75 Å². The van der Waals surface area contributed by atoms with E-state index in [1.54, 1.807) is 0 Å². The molecular weight excluding hydrogens is 296 g/mol. The molecule has 0 unspecified atom stereocenters. The average molecular weight is 311 g/mol. The lowest BCUT2D eigenvalue weighted by molar-refractivity contribution is 0.307. The zero-order chi connectivity index (χ0) is 12.3. The summed E-state index contributed by atoms with van der Waals surface area (Å²) in [5, 5.41) is 0. The summed E-state index contributed by atoms with van der Waals surface area (Å²) in [6.07, 6.45) is 1.10. The summed E-state index contributed by atoms with van der Waals surface area (Å²) in [5.41, 5.74) is 1.17. The second-order valence-electron chi connectivity index (χ2n) is 3.92. The summed E-state index contributed by atoms with van der Waals surface area (Å²) in [6.45, 7) is 4.89. The Hall–Kier alpha value is -0.800. The number of aryl methyl sites for hydroxylation is 2. The number of halogens is 1. The van der Waals surface area contributed by atoms with Crippen molar-refractivity contribution in [3.8, 4) is 5.75 Å². The van der Waals surface area contributed by atoms with Crippen molar-refractivity contribution in [2.45, 2.75) is 26.9 Å². The highest BCUT2D eigenvalue weighted by Crippen LogP contribution is 2.25. The van der Waals surface area contributed by atoms with Gasteiger partial charge >= 0.3 is 0 Å². The van der Waals surface area contributed by atoms with E-state index in [0.717, 1.165) is 16.6 Å². The van der Waals surface area contributed by atoms with E-state index < -0.39 is 0 Å². The van der Waals surface area contributed by atoms with Crippen molar-refractivity contribution >= 4 is 27.3 Å². The number of hydrogen-bond donors (Lipinski definition) is 0. The molecule has 17 heavy (non-hydrogen) atoms. The Kier molecular flexibility index (Phi) is 4.24. The predicted octanol–water partition coefficient (Wildman–Crippen LogP) is 4.96. The maximum atomic E-state index is 5.84. The standard InChI is InChI=1S/C14H15BrOS/c1-3-12-6-7-13(17-12)9-16-14-8-11(15)5-4-10(14)2/h4-8H,3,9H2,1-2H3. The van der Waals surface area contributed by atoms with Crippen LogP contribution in [-0.2, 0) is 13.0 Å². The number of rotatable bonds is 4. The topological polar surface area (TPSA) is 9.23 Å². The fourth-order valence-corrected chi connectivity index (χ4v) is 2.78. The third kappa shape index (κ3) is 3.33. The molecule has 0 atom stereocenters. The number of ether oxygens (including phenoxy) is 1. The Bertz CT molecular complexity index is 505. The van der Waals surface area contributed by atoms with Gasteiger partial charge in [0.15, 0.2) is 0 Å². The number of thiophene rings is 1. The van der Waals surface area contributed by atoms with Gasteiger partial charge in [0, 0.05) is 14.2 Å². The van der Waals surface area contributed by atoms with E-state index in [-0.39, 0.29) is 0 Å². The first-order valence-electron chi connectivity index (χ1n) is 5.65. The third-order valence-electron chi connectivity index (χ3n) is 2.59. The maximum absolute atomic E-state index is 5.84. The van der Waals surface area contributed by atoms with Gasteiger partial charge in [-0.05, 0) is 43.2 Å². The minimum atomic E-state index is 0.655. The van der Waals surface area contributed by atoms with Gasteiger partial charge in [0.25, 0.3) is 0 Å². The highest BCUT2D eigenvalue weighted by Gasteiger charge is 2.03. The van der Waals surface area contributed by atoms with Gasteiger partial charge in [-0.25, -0.2) is 0 Å². The highest BCUT2D eigenvalue weighted by atomic mass is 79.9. The fourth-order valence-electron chi connectivity index (χ4n) is 1.57. The molecule has 0 fully saturated rings. The van der Waals surface area contributed by atoms with Crippen LogP contribution in [0.25, 0.3) is 0 Å². The lowest BCUT2D eigenvalue weighted by atomic mass is 10.2. The zero-order valence-corrected chi connectivity index (χ0v) is 12.4. The molecular formula is C14H15BrOS. The van der Waals surface area contributed by atoms with Gasteiger partial charge in [-0.15, -0.1) is 11.3 Å².